The molecule has 0 aliphatic heterocycles. The molecule has 3 rings (SSSR count). The van der Waals surface area contributed by atoms with E-state index in [4.69, 9.17) is 9.47 Å². The van der Waals surface area contributed by atoms with Gasteiger partial charge in [-0.15, -0.1) is 11.3 Å². The molecule has 10 nitrogen and oxygen atoms in total. The molecule has 214 valence electrons. The molecular formula is C29H37N5O5S. The number of hydrogen-bond donors (Lipinski definition) is 4. The SMILES string of the molecule is CC(C)(C)OC(=O)NC(NC(=O)OC(C)(C)C)Nc1ccc(CCc2csc(NC(=O)c3ccccc3)n2)cc1. The third kappa shape index (κ3) is 10.9. The summed E-state index contributed by atoms with van der Waals surface area (Å²) in [6.07, 6.45) is -0.921. The molecule has 3 aromatic rings. The van der Waals surface area contributed by atoms with Gasteiger partial charge in [0.05, 0.1) is 5.69 Å². The molecule has 0 aliphatic rings. The lowest BCUT2D eigenvalue weighted by Gasteiger charge is -2.27. The Kier molecular flexibility index (Phi) is 10.1. The zero-order chi connectivity index (χ0) is 29.3. The largest absolute Gasteiger partial charge is 0.444 e. The van der Waals surface area contributed by atoms with Gasteiger partial charge < -0.3 is 14.8 Å². The summed E-state index contributed by atoms with van der Waals surface area (Å²) in [5.74, 6) is -0.190. The minimum Gasteiger partial charge on any atom is -0.444 e. The van der Waals surface area contributed by atoms with E-state index in [2.05, 4.69) is 26.3 Å². The first-order valence-corrected chi connectivity index (χ1v) is 13.8. The van der Waals surface area contributed by atoms with Gasteiger partial charge in [-0.25, -0.2) is 14.6 Å². The van der Waals surface area contributed by atoms with Crippen LogP contribution in [0.25, 0.3) is 0 Å². The van der Waals surface area contributed by atoms with E-state index in [0.29, 0.717) is 22.8 Å². The van der Waals surface area contributed by atoms with E-state index in [0.717, 1.165) is 17.7 Å². The van der Waals surface area contributed by atoms with Crippen molar-refractivity contribution in [3.05, 3.63) is 76.8 Å². The first-order valence-electron chi connectivity index (χ1n) is 12.9. The number of carbonyl (C=O) groups excluding carboxylic acids is 3. The number of thiazole rings is 1. The van der Waals surface area contributed by atoms with Crippen LogP contribution < -0.4 is 21.3 Å². The maximum Gasteiger partial charge on any atom is 0.410 e. The number of ether oxygens (including phenoxy) is 2. The van der Waals surface area contributed by atoms with E-state index in [9.17, 15) is 14.4 Å². The number of alkyl carbamates (subject to hydrolysis) is 2. The standard InChI is InChI=1S/C29H37N5O5S/c1-28(2,3)38-26(36)33-24(34-27(37)39-29(4,5)6)30-21-15-12-19(13-16-21)14-17-22-18-40-25(31-22)32-23(35)20-10-8-7-9-11-20/h7-13,15-16,18,24,30H,14,17H2,1-6H3,(H,33,36)(H,34,37)(H,31,32,35). The number of aryl methyl sites for hydroxylation is 2. The minimum absolute atomic E-state index is 0.190. The van der Waals surface area contributed by atoms with Gasteiger partial charge in [-0.05, 0) is 84.2 Å². The van der Waals surface area contributed by atoms with Gasteiger partial charge in [0.15, 0.2) is 11.4 Å². The van der Waals surface area contributed by atoms with Crippen molar-refractivity contribution in [1.29, 1.82) is 0 Å². The number of carbonyl (C=O) groups is 3. The van der Waals surface area contributed by atoms with Gasteiger partial charge in [0.25, 0.3) is 5.91 Å². The fourth-order valence-corrected chi connectivity index (χ4v) is 4.14. The first kappa shape index (κ1) is 30.4. The van der Waals surface area contributed by atoms with Gasteiger partial charge >= 0.3 is 12.2 Å². The van der Waals surface area contributed by atoms with Gasteiger partial charge in [0.2, 0.25) is 0 Å². The van der Waals surface area contributed by atoms with Gasteiger partial charge in [0, 0.05) is 16.6 Å². The van der Waals surface area contributed by atoms with Crippen molar-refractivity contribution in [3.63, 3.8) is 0 Å². The molecule has 0 unspecified atom stereocenters. The van der Waals surface area contributed by atoms with Crippen molar-refractivity contribution >= 4 is 40.2 Å². The van der Waals surface area contributed by atoms with E-state index >= 15 is 0 Å². The molecule has 0 radical (unpaired) electrons. The van der Waals surface area contributed by atoms with E-state index in [-0.39, 0.29) is 5.91 Å². The van der Waals surface area contributed by atoms with Gasteiger partial charge in [-0.1, -0.05) is 30.3 Å². The van der Waals surface area contributed by atoms with Crippen LogP contribution in [0.2, 0.25) is 0 Å². The Hall–Kier alpha value is -4.12. The van der Waals surface area contributed by atoms with Gasteiger partial charge in [-0.2, -0.15) is 0 Å². The maximum atomic E-state index is 12.3. The number of anilines is 2. The van der Waals surface area contributed by atoms with Crippen LogP contribution in [0.5, 0.6) is 0 Å². The predicted molar refractivity (Wildman–Crippen MR) is 157 cm³/mol. The molecule has 40 heavy (non-hydrogen) atoms. The second kappa shape index (κ2) is 13.3. The third-order valence-corrected chi connectivity index (χ3v) is 5.87. The second-order valence-corrected chi connectivity index (χ2v) is 11.9. The van der Waals surface area contributed by atoms with Crippen LogP contribution in [-0.4, -0.2) is 40.6 Å². The molecule has 0 aliphatic carbocycles. The summed E-state index contributed by atoms with van der Waals surface area (Å²) in [5.41, 5.74) is 1.81. The highest BCUT2D eigenvalue weighted by atomic mass is 32.1. The highest BCUT2D eigenvalue weighted by molar-refractivity contribution is 7.14. The highest BCUT2D eigenvalue weighted by Crippen LogP contribution is 2.19. The molecule has 1 heterocycles. The second-order valence-electron chi connectivity index (χ2n) is 11.0. The average Bonchev–Trinajstić information content (AvgIpc) is 3.29. The summed E-state index contributed by atoms with van der Waals surface area (Å²) >= 11 is 1.39. The van der Waals surface area contributed by atoms with E-state index < -0.39 is 29.7 Å². The van der Waals surface area contributed by atoms with Gasteiger partial charge in [-0.3, -0.25) is 20.7 Å². The Morgan fingerprint density at radius 3 is 1.95 bits per heavy atom. The summed E-state index contributed by atoms with van der Waals surface area (Å²) in [4.78, 5) is 41.5. The maximum absolute atomic E-state index is 12.3. The Bertz CT molecular complexity index is 1250. The first-order chi connectivity index (χ1) is 18.8. The molecule has 2 aromatic carbocycles. The number of nitrogens with one attached hydrogen (secondary N) is 4. The average molecular weight is 568 g/mol. The summed E-state index contributed by atoms with van der Waals surface area (Å²) in [7, 11) is 0. The number of hydrogen-bond acceptors (Lipinski definition) is 8. The van der Waals surface area contributed by atoms with Crippen LogP contribution in [0.1, 0.15) is 63.2 Å². The van der Waals surface area contributed by atoms with Crippen molar-refractivity contribution in [2.45, 2.75) is 71.9 Å². The summed E-state index contributed by atoms with van der Waals surface area (Å²) < 4.78 is 10.6. The smallest absolute Gasteiger partial charge is 0.410 e. The van der Waals surface area contributed by atoms with E-state index in [1.165, 1.54) is 11.3 Å². The molecule has 0 spiro atoms. The van der Waals surface area contributed by atoms with Crippen LogP contribution in [0, 0.1) is 0 Å². The van der Waals surface area contributed by atoms with E-state index in [1.54, 1.807) is 53.7 Å². The predicted octanol–water partition coefficient (Wildman–Crippen LogP) is 5.93. The normalized spacial score (nSPS) is 11.5. The van der Waals surface area contributed by atoms with Crippen molar-refractivity contribution < 1.29 is 23.9 Å². The summed E-state index contributed by atoms with van der Waals surface area (Å²) in [5, 5.41) is 13.6. The zero-order valence-electron chi connectivity index (χ0n) is 23.7. The van der Waals surface area contributed by atoms with Crippen molar-refractivity contribution in [2.75, 3.05) is 10.6 Å². The number of benzene rings is 2. The number of rotatable bonds is 9. The number of nitrogens with zero attached hydrogens (tertiary/aromatic N) is 1. The van der Waals surface area contributed by atoms with Crippen molar-refractivity contribution in [1.82, 2.24) is 15.6 Å². The highest BCUT2D eigenvalue weighted by Gasteiger charge is 2.23. The molecule has 11 heteroatoms. The Balaban J connectivity index is 1.56. The number of aromatic nitrogens is 1. The zero-order valence-corrected chi connectivity index (χ0v) is 24.5. The monoisotopic (exact) mass is 567 g/mol. The van der Waals surface area contributed by atoms with Crippen molar-refractivity contribution in [2.24, 2.45) is 0 Å². The van der Waals surface area contributed by atoms with E-state index in [1.807, 2.05) is 47.8 Å². The lowest BCUT2D eigenvalue weighted by atomic mass is 10.1. The molecule has 3 amide bonds. The van der Waals surface area contributed by atoms with Crippen LogP contribution in [0.15, 0.2) is 60.0 Å². The topological polar surface area (TPSA) is 131 Å². The Morgan fingerprint density at radius 1 is 0.825 bits per heavy atom. The number of amides is 3. The molecular weight excluding hydrogens is 530 g/mol. The molecule has 0 saturated heterocycles. The Morgan fingerprint density at radius 2 is 1.40 bits per heavy atom. The fraction of sp³-hybridized carbons (Fsp3) is 0.379. The van der Waals surface area contributed by atoms with Crippen LogP contribution >= 0.6 is 11.3 Å². The van der Waals surface area contributed by atoms with Crippen LogP contribution in [-0.2, 0) is 22.3 Å². The minimum atomic E-state index is -0.977. The molecule has 0 bridgehead atoms. The lowest BCUT2D eigenvalue weighted by molar-refractivity contribution is 0.0438. The summed E-state index contributed by atoms with van der Waals surface area (Å²) in [6.45, 7) is 10.5. The fourth-order valence-electron chi connectivity index (χ4n) is 3.40. The molecule has 0 saturated carbocycles. The molecule has 0 fully saturated rings. The Labute approximate surface area is 238 Å². The molecule has 4 N–H and O–H groups in total. The van der Waals surface area contributed by atoms with Crippen LogP contribution in [0.4, 0.5) is 20.4 Å². The third-order valence-electron chi connectivity index (χ3n) is 5.07. The molecule has 0 atom stereocenters. The lowest BCUT2D eigenvalue weighted by Crippen LogP contribution is -2.54. The molecule has 1 aromatic heterocycles. The van der Waals surface area contributed by atoms with Crippen molar-refractivity contribution in [3.8, 4) is 0 Å². The summed E-state index contributed by atoms with van der Waals surface area (Å²) in [6, 6.07) is 16.6. The van der Waals surface area contributed by atoms with Crippen LogP contribution in [0.3, 0.4) is 0 Å². The van der Waals surface area contributed by atoms with Gasteiger partial charge in [0.1, 0.15) is 11.2 Å². The quantitative estimate of drug-likeness (QED) is 0.236.